The predicted molar refractivity (Wildman–Crippen MR) is 98.7 cm³/mol. The molecule has 0 radical (unpaired) electrons. The second-order valence-electron chi connectivity index (χ2n) is 5.45. The molecule has 0 unspecified atom stereocenters. The van der Waals surface area contributed by atoms with Gasteiger partial charge in [-0.3, -0.25) is 9.78 Å². The molecule has 0 aliphatic rings. The average molecular weight is 354 g/mol. The number of halogens is 1. The Balaban J connectivity index is 1.91. The number of fused-ring (bicyclic) bond motifs is 1. The van der Waals surface area contributed by atoms with Crippen molar-refractivity contribution in [1.82, 2.24) is 15.0 Å². The molecule has 0 saturated heterocycles. The van der Waals surface area contributed by atoms with E-state index < -0.39 is 0 Å². The van der Waals surface area contributed by atoms with Gasteiger partial charge in [0.05, 0.1) is 5.39 Å². The summed E-state index contributed by atoms with van der Waals surface area (Å²) in [5.41, 5.74) is 3.45. The lowest BCUT2D eigenvalue weighted by atomic mass is 10.0. The molecule has 4 aromatic rings. The molecule has 4 rings (SSSR count). The number of aromatic amines is 1. The number of benzene rings is 1. The Hall–Kier alpha value is -2.50. The monoisotopic (exact) mass is 353 g/mol. The molecule has 0 spiro atoms. The van der Waals surface area contributed by atoms with Crippen LogP contribution in [0.3, 0.4) is 0 Å². The summed E-state index contributed by atoms with van der Waals surface area (Å²) < 4.78 is 0. The van der Waals surface area contributed by atoms with Crippen molar-refractivity contribution in [2.24, 2.45) is 0 Å². The zero-order valence-corrected chi connectivity index (χ0v) is 14.3. The first-order valence-corrected chi connectivity index (χ1v) is 8.57. The molecule has 0 amide bonds. The Bertz CT molecular complexity index is 1100. The number of pyridine rings is 1. The van der Waals surface area contributed by atoms with Crippen LogP contribution in [-0.4, -0.2) is 15.0 Å². The first kappa shape index (κ1) is 15.1. The van der Waals surface area contributed by atoms with Crippen LogP contribution in [0.2, 0.25) is 5.02 Å². The number of nitrogens with one attached hydrogen (secondary N) is 1. The van der Waals surface area contributed by atoms with Gasteiger partial charge in [-0.1, -0.05) is 17.7 Å². The topological polar surface area (TPSA) is 58.6 Å². The third kappa shape index (κ3) is 2.52. The van der Waals surface area contributed by atoms with Crippen LogP contribution in [0.15, 0.2) is 52.9 Å². The van der Waals surface area contributed by atoms with E-state index in [1.165, 1.54) is 11.3 Å². The highest BCUT2D eigenvalue weighted by Gasteiger charge is 2.14. The molecule has 0 aliphatic carbocycles. The van der Waals surface area contributed by atoms with Gasteiger partial charge in [0.25, 0.3) is 5.56 Å². The summed E-state index contributed by atoms with van der Waals surface area (Å²) in [6.45, 7) is 1.95. The molecule has 1 N–H and O–H groups in total. The largest absolute Gasteiger partial charge is 0.306 e. The highest BCUT2D eigenvalue weighted by molar-refractivity contribution is 7.17. The molecule has 3 heterocycles. The summed E-state index contributed by atoms with van der Waals surface area (Å²) in [7, 11) is 0. The van der Waals surface area contributed by atoms with Gasteiger partial charge in [-0.15, -0.1) is 11.3 Å². The van der Waals surface area contributed by atoms with E-state index in [9.17, 15) is 4.79 Å². The second-order valence-corrected chi connectivity index (χ2v) is 6.72. The van der Waals surface area contributed by atoms with E-state index in [2.05, 4.69) is 15.0 Å². The SMILES string of the molecule is Cc1cc(-c2csc3nc(-c4cccnc4)[nH]c(=O)c23)ccc1Cl. The van der Waals surface area contributed by atoms with Crippen LogP contribution in [0.1, 0.15) is 5.56 Å². The van der Waals surface area contributed by atoms with Crippen LogP contribution < -0.4 is 5.56 Å². The second kappa shape index (κ2) is 5.85. The summed E-state index contributed by atoms with van der Waals surface area (Å²) in [5.74, 6) is 0.529. The minimum Gasteiger partial charge on any atom is -0.306 e. The molecular formula is C18H12ClN3OS. The molecule has 0 atom stereocenters. The van der Waals surface area contributed by atoms with Crippen molar-refractivity contribution in [3.05, 3.63) is 69.0 Å². The summed E-state index contributed by atoms with van der Waals surface area (Å²) in [4.78, 5) is 24.9. The van der Waals surface area contributed by atoms with Gasteiger partial charge in [0.2, 0.25) is 0 Å². The summed E-state index contributed by atoms with van der Waals surface area (Å²) >= 11 is 7.55. The Morgan fingerprint density at radius 3 is 2.83 bits per heavy atom. The van der Waals surface area contributed by atoms with E-state index in [-0.39, 0.29) is 5.56 Å². The maximum absolute atomic E-state index is 12.6. The van der Waals surface area contributed by atoms with Crippen LogP contribution in [0.4, 0.5) is 0 Å². The lowest BCUT2D eigenvalue weighted by molar-refractivity contribution is 1.17. The molecule has 0 bridgehead atoms. The van der Waals surface area contributed by atoms with Gasteiger partial charge in [0, 0.05) is 33.9 Å². The fourth-order valence-corrected chi connectivity index (χ4v) is 3.68. The van der Waals surface area contributed by atoms with Crippen molar-refractivity contribution in [3.8, 4) is 22.5 Å². The Morgan fingerprint density at radius 2 is 2.08 bits per heavy atom. The van der Waals surface area contributed by atoms with E-state index in [0.717, 1.165) is 22.3 Å². The van der Waals surface area contributed by atoms with Crippen LogP contribution in [-0.2, 0) is 0 Å². The van der Waals surface area contributed by atoms with Crippen LogP contribution in [0.25, 0.3) is 32.7 Å². The highest BCUT2D eigenvalue weighted by atomic mass is 35.5. The van der Waals surface area contributed by atoms with Crippen LogP contribution >= 0.6 is 22.9 Å². The Kier molecular flexibility index (Phi) is 3.67. The van der Waals surface area contributed by atoms with Crippen molar-refractivity contribution < 1.29 is 0 Å². The number of aryl methyl sites for hydroxylation is 1. The molecule has 0 saturated carbocycles. The average Bonchev–Trinajstić information content (AvgIpc) is 3.03. The number of hydrogen-bond donors (Lipinski definition) is 1. The number of hydrogen-bond acceptors (Lipinski definition) is 4. The summed E-state index contributed by atoms with van der Waals surface area (Å²) in [5, 5.41) is 3.28. The molecule has 3 aromatic heterocycles. The minimum atomic E-state index is -0.150. The molecular weight excluding hydrogens is 342 g/mol. The number of thiophene rings is 1. The van der Waals surface area contributed by atoms with Crippen LogP contribution in [0.5, 0.6) is 0 Å². The van der Waals surface area contributed by atoms with Crippen molar-refractivity contribution in [3.63, 3.8) is 0 Å². The predicted octanol–water partition coefficient (Wildman–Crippen LogP) is 4.68. The van der Waals surface area contributed by atoms with E-state index in [0.29, 0.717) is 21.1 Å². The van der Waals surface area contributed by atoms with Crippen LogP contribution in [0, 0.1) is 6.92 Å². The normalized spacial score (nSPS) is 11.1. The van der Waals surface area contributed by atoms with Gasteiger partial charge >= 0.3 is 0 Å². The lowest BCUT2D eigenvalue weighted by Crippen LogP contribution is -2.09. The van der Waals surface area contributed by atoms with E-state index >= 15 is 0 Å². The van der Waals surface area contributed by atoms with E-state index in [1.54, 1.807) is 12.4 Å². The Labute approximate surface area is 146 Å². The van der Waals surface area contributed by atoms with Crippen molar-refractivity contribution >= 4 is 33.2 Å². The summed E-state index contributed by atoms with van der Waals surface area (Å²) in [6, 6.07) is 9.44. The maximum atomic E-state index is 12.6. The van der Waals surface area contributed by atoms with Gasteiger partial charge in [0.1, 0.15) is 10.7 Å². The van der Waals surface area contributed by atoms with E-state index in [1.807, 2.05) is 42.6 Å². The molecule has 118 valence electrons. The fraction of sp³-hybridized carbons (Fsp3) is 0.0556. The number of aromatic nitrogens is 3. The number of nitrogens with zero attached hydrogens (tertiary/aromatic N) is 2. The molecule has 6 heteroatoms. The third-order valence-electron chi connectivity index (χ3n) is 3.85. The first-order valence-electron chi connectivity index (χ1n) is 7.32. The molecule has 1 aromatic carbocycles. The molecule has 4 nitrogen and oxygen atoms in total. The van der Waals surface area contributed by atoms with Gasteiger partial charge in [0.15, 0.2) is 0 Å². The molecule has 0 fully saturated rings. The van der Waals surface area contributed by atoms with Gasteiger partial charge in [-0.05, 0) is 42.3 Å². The zero-order valence-electron chi connectivity index (χ0n) is 12.7. The van der Waals surface area contributed by atoms with E-state index in [4.69, 9.17) is 11.6 Å². The highest BCUT2D eigenvalue weighted by Crippen LogP contribution is 2.33. The number of H-pyrrole nitrogens is 1. The van der Waals surface area contributed by atoms with Gasteiger partial charge < -0.3 is 4.98 Å². The fourth-order valence-electron chi connectivity index (χ4n) is 2.61. The minimum absolute atomic E-state index is 0.150. The Morgan fingerprint density at radius 1 is 1.21 bits per heavy atom. The van der Waals surface area contributed by atoms with Crippen molar-refractivity contribution in [1.29, 1.82) is 0 Å². The molecule has 0 aliphatic heterocycles. The first-order chi connectivity index (χ1) is 11.6. The lowest BCUT2D eigenvalue weighted by Gasteiger charge is -2.04. The maximum Gasteiger partial charge on any atom is 0.260 e. The summed E-state index contributed by atoms with van der Waals surface area (Å²) in [6.07, 6.45) is 3.37. The standard InChI is InChI=1S/C18H12ClN3OS/c1-10-7-11(4-5-14(10)19)13-9-24-18-15(13)17(23)21-16(22-18)12-3-2-6-20-8-12/h2-9H,1H3,(H,21,22,23). The quantitative estimate of drug-likeness (QED) is 0.569. The smallest absolute Gasteiger partial charge is 0.260 e. The zero-order chi connectivity index (χ0) is 16.7. The van der Waals surface area contributed by atoms with Gasteiger partial charge in [-0.25, -0.2) is 4.98 Å². The van der Waals surface area contributed by atoms with Crippen molar-refractivity contribution in [2.45, 2.75) is 6.92 Å². The van der Waals surface area contributed by atoms with Gasteiger partial charge in [-0.2, -0.15) is 0 Å². The number of rotatable bonds is 2. The van der Waals surface area contributed by atoms with Crippen molar-refractivity contribution in [2.75, 3.05) is 0 Å². The molecule has 24 heavy (non-hydrogen) atoms. The third-order valence-corrected chi connectivity index (χ3v) is 5.14.